The summed E-state index contributed by atoms with van der Waals surface area (Å²) in [7, 11) is 0. The summed E-state index contributed by atoms with van der Waals surface area (Å²) < 4.78 is 13.5. The lowest BCUT2D eigenvalue weighted by Crippen LogP contribution is -2.50. The van der Waals surface area contributed by atoms with E-state index < -0.39 is 0 Å². The highest BCUT2D eigenvalue weighted by molar-refractivity contribution is 6.36. The minimum atomic E-state index is -0.262. The number of rotatable bonds is 3. The molecule has 1 aliphatic carbocycles. The maximum absolute atomic E-state index is 13.5. The standard InChI is InChI=1S/C26H27Cl2FN4O/c27-20-9-12-23(22(28)16-20)32-17-33(26(34)30-31-13-2-1-3-14-31)24-6-4-5-19(25(24)32)15-18-7-10-21(29)11-8-18/h7-12,15-16H,1-6,13-14,17H2,(H,30,34). The molecule has 5 nitrogen and oxygen atoms in total. The van der Waals surface area contributed by atoms with Gasteiger partial charge in [-0.15, -0.1) is 0 Å². The van der Waals surface area contributed by atoms with E-state index in [1.165, 1.54) is 18.6 Å². The fourth-order valence-corrected chi connectivity index (χ4v) is 5.45. The molecule has 2 aromatic rings. The molecule has 0 spiro atoms. The molecule has 2 aromatic carbocycles. The van der Waals surface area contributed by atoms with Crippen LogP contribution in [0.3, 0.4) is 0 Å². The van der Waals surface area contributed by atoms with Crippen molar-refractivity contribution in [2.24, 2.45) is 0 Å². The van der Waals surface area contributed by atoms with Crippen LogP contribution in [0.25, 0.3) is 6.08 Å². The summed E-state index contributed by atoms with van der Waals surface area (Å²) in [4.78, 5) is 17.3. The van der Waals surface area contributed by atoms with Crippen molar-refractivity contribution in [3.05, 3.63) is 80.9 Å². The van der Waals surface area contributed by atoms with Crippen LogP contribution in [0.1, 0.15) is 44.1 Å². The Balaban J connectivity index is 1.53. The van der Waals surface area contributed by atoms with E-state index in [1.807, 2.05) is 22.0 Å². The van der Waals surface area contributed by atoms with Crippen molar-refractivity contribution in [2.75, 3.05) is 24.7 Å². The van der Waals surface area contributed by atoms with Crippen molar-refractivity contribution in [3.8, 4) is 0 Å². The topological polar surface area (TPSA) is 38.8 Å². The minimum absolute atomic E-state index is 0.120. The molecule has 0 aromatic heterocycles. The van der Waals surface area contributed by atoms with Crippen LogP contribution >= 0.6 is 23.2 Å². The number of halogens is 3. The summed E-state index contributed by atoms with van der Waals surface area (Å²) in [5.41, 5.74) is 7.91. The highest BCUT2D eigenvalue weighted by atomic mass is 35.5. The second-order valence-electron chi connectivity index (χ2n) is 8.93. The number of amides is 2. The molecule has 2 amide bonds. The van der Waals surface area contributed by atoms with Gasteiger partial charge in [-0.2, -0.15) is 0 Å². The second-order valence-corrected chi connectivity index (χ2v) is 9.77. The van der Waals surface area contributed by atoms with Gasteiger partial charge in [-0.3, -0.25) is 10.3 Å². The molecule has 34 heavy (non-hydrogen) atoms. The van der Waals surface area contributed by atoms with E-state index in [4.69, 9.17) is 23.2 Å². The van der Waals surface area contributed by atoms with Crippen LogP contribution in [0.15, 0.2) is 59.4 Å². The third-order valence-corrected chi connectivity index (χ3v) is 7.12. The summed E-state index contributed by atoms with van der Waals surface area (Å²) in [6, 6.07) is 11.8. The number of nitrogens with one attached hydrogen (secondary N) is 1. The van der Waals surface area contributed by atoms with Crippen molar-refractivity contribution in [1.29, 1.82) is 0 Å². The van der Waals surface area contributed by atoms with Gasteiger partial charge >= 0.3 is 6.03 Å². The molecule has 1 N–H and O–H groups in total. The predicted molar refractivity (Wildman–Crippen MR) is 135 cm³/mol. The summed E-state index contributed by atoms with van der Waals surface area (Å²) >= 11 is 12.8. The minimum Gasteiger partial charge on any atom is -0.319 e. The van der Waals surface area contributed by atoms with Crippen molar-refractivity contribution in [1.82, 2.24) is 15.3 Å². The zero-order valence-corrected chi connectivity index (χ0v) is 20.4. The third-order valence-electron chi connectivity index (χ3n) is 6.58. The smallest absolute Gasteiger partial charge is 0.319 e. The number of piperidine rings is 1. The third kappa shape index (κ3) is 4.81. The quantitative estimate of drug-likeness (QED) is 0.503. The highest BCUT2D eigenvalue weighted by Gasteiger charge is 2.38. The van der Waals surface area contributed by atoms with Crippen LogP contribution in [0, 0.1) is 5.82 Å². The Morgan fingerprint density at radius 3 is 2.47 bits per heavy atom. The normalized spacial score (nSPS) is 20.1. The maximum atomic E-state index is 13.5. The molecular weight excluding hydrogens is 474 g/mol. The number of carbonyl (C=O) groups is 1. The SMILES string of the molecule is O=C(NN1CCCCC1)N1CN(c2ccc(Cl)cc2Cl)C2=C1CCCC2=Cc1ccc(F)cc1. The summed E-state index contributed by atoms with van der Waals surface area (Å²) in [6.45, 7) is 2.11. The zero-order chi connectivity index (χ0) is 23.7. The molecule has 0 radical (unpaired) electrons. The molecule has 178 valence electrons. The van der Waals surface area contributed by atoms with Crippen molar-refractivity contribution in [2.45, 2.75) is 38.5 Å². The van der Waals surface area contributed by atoms with Crippen molar-refractivity contribution >= 4 is 41.0 Å². The van der Waals surface area contributed by atoms with Gasteiger partial charge in [-0.25, -0.2) is 14.2 Å². The van der Waals surface area contributed by atoms with Crippen LogP contribution < -0.4 is 10.3 Å². The van der Waals surface area contributed by atoms with Crippen LogP contribution in [0.4, 0.5) is 14.9 Å². The molecule has 5 rings (SSSR count). The first kappa shape index (κ1) is 23.2. The van der Waals surface area contributed by atoms with E-state index in [2.05, 4.69) is 16.4 Å². The Morgan fingerprint density at radius 2 is 1.74 bits per heavy atom. The van der Waals surface area contributed by atoms with Gasteiger partial charge in [0.1, 0.15) is 12.5 Å². The van der Waals surface area contributed by atoms with Crippen molar-refractivity contribution in [3.63, 3.8) is 0 Å². The molecular formula is C26H27Cl2FN4O. The van der Waals surface area contributed by atoms with Crippen molar-refractivity contribution < 1.29 is 9.18 Å². The molecule has 2 aliphatic heterocycles. The first-order chi connectivity index (χ1) is 16.5. The average Bonchev–Trinajstić information content (AvgIpc) is 3.22. The zero-order valence-electron chi connectivity index (χ0n) is 18.9. The molecule has 1 saturated heterocycles. The lowest BCUT2D eigenvalue weighted by Gasteiger charge is -2.30. The van der Waals surface area contributed by atoms with Crippen LogP contribution in [0.5, 0.6) is 0 Å². The van der Waals surface area contributed by atoms with Crippen LogP contribution in [-0.2, 0) is 0 Å². The molecule has 0 unspecified atom stereocenters. The predicted octanol–water partition coefficient (Wildman–Crippen LogP) is 6.80. The monoisotopic (exact) mass is 500 g/mol. The molecule has 2 heterocycles. The van der Waals surface area contributed by atoms with E-state index in [1.54, 1.807) is 18.2 Å². The lowest BCUT2D eigenvalue weighted by atomic mass is 9.93. The lowest BCUT2D eigenvalue weighted by molar-refractivity contribution is 0.138. The number of allylic oxidation sites excluding steroid dienone is 2. The number of carbonyl (C=O) groups excluding carboxylic acids is 1. The first-order valence-corrected chi connectivity index (χ1v) is 12.5. The summed E-state index contributed by atoms with van der Waals surface area (Å²) in [6.07, 6.45) is 8.05. The van der Waals surface area contributed by atoms with E-state index >= 15 is 0 Å². The number of hydrogen-bond acceptors (Lipinski definition) is 3. The number of nitrogens with zero attached hydrogens (tertiary/aromatic N) is 3. The average molecular weight is 501 g/mol. The fraction of sp³-hybridized carbons (Fsp3) is 0.346. The fourth-order valence-electron chi connectivity index (χ4n) is 4.94. The van der Waals surface area contributed by atoms with Gasteiger partial charge < -0.3 is 4.90 Å². The van der Waals surface area contributed by atoms with E-state index in [9.17, 15) is 9.18 Å². The van der Waals surface area contributed by atoms with Gasteiger partial charge in [0.15, 0.2) is 0 Å². The number of hydrogen-bond donors (Lipinski definition) is 1. The number of benzene rings is 2. The van der Waals surface area contributed by atoms with Gasteiger partial charge in [0.25, 0.3) is 0 Å². The van der Waals surface area contributed by atoms with Gasteiger partial charge in [0.2, 0.25) is 0 Å². The summed E-state index contributed by atoms with van der Waals surface area (Å²) in [5.74, 6) is -0.262. The first-order valence-electron chi connectivity index (χ1n) is 11.7. The Labute approximate surface area is 209 Å². The highest BCUT2D eigenvalue weighted by Crippen LogP contribution is 2.44. The van der Waals surface area contributed by atoms with Crippen LogP contribution in [-0.4, -0.2) is 35.7 Å². The van der Waals surface area contributed by atoms with Gasteiger partial charge in [0.05, 0.1) is 16.4 Å². The molecule has 0 saturated carbocycles. The Bertz CT molecular complexity index is 1140. The number of urea groups is 1. The van der Waals surface area contributed by atoms with Crippen LogP contribution in [0.2, 0.25) is 10.0 Å². The molecule has 1 fully saturated rings. The van der Waals surface area contributed by atoms with E-state index in [0.29, 0.717) is 16.7 Å². The van der Waals surface area contributed by atoms with Gasteiger partial charge in [0, 0.05) is 23.8 Å². The second kappa shape index (κ2) is 9.98. The molecule has 3 aliphatic rings. The molecule has 8 heteroatoms. The molecule has 0 bridgehead atoms. The maximum Gasteiger partial charge on any atom is 0.337 e. The van der Waals surface area contributed by atoms with E-state index in [-0.39, 0.29) is 11.8 Å². The number of anilines is 1. The molecule has 0 atom stereocenters. The Kier molecular flexibility index (Phi) is 6.82. The number of hydrazine groups is 1. The Hall–Kier alpha value is -2.54. The van der Waals surface area contributed by atoms with Gasteiger partial charge in [-0.1, -0.05) is 41.8 Å². The largest absolute Gasteiger partial charge is 0.337 e. The Morgan fingerprint density at radius 1 is 0.971 bits per heavy atom. The van der Waals surface area contributed by atoms with Gasteiger partial charge in [-0.05, 0) is 79.6 Å². The van der Waals surface area contributed by atoms with E-state index in [0.717, 1.165) is 73.4 Å². The summed E-state index contributed by atoms with van der Waals surface area (Å²) in [5, 5.41) is 3.11.